The Morgan fingerprint density at radius 3 is 3.00 bits per heavy atom. The molecule has 1 aromatic carbocycles. The zero-order valence-corrected chi connectivity index (χ0v) is 7.41. The topological polar surface area (TPSA) is 49.7 Å². The molecule has 0 fully saturated rings. The zero-order valence-electron chi connectivity index (χ0n) is 6.60. The summed E-state index contributed by atoms with van der Waals surface area (Å²) in [5, 5.41) is 10.7. The van der Waals surface area contributed by atoms with Gasteiger partial charge < -0.3 is 5.11 Å². The Labute approximate surface area is 81.4 Å². The van der Waals surface area contributed by atoms with E-state index in [0.29, 0.717) is 11.2 Å². The quantitative estimate of drug-likeness (QED) is 0.445. The number of rotatable bonds is 3. The summed E-state index contributed by atoms with van der Waals surface area (Å²) in [5.41, 5.74) is 1.18. The molecular formula is C8H5BNO2S. The van der Waals surface area contributed by atoms with Crippen LogP contribution in [-0.4, -0.2) is 23.4 Å². The predicted octanol–water partition coefficient (Wildman–Crippen LogP) is 1.43. The largest absolute Gasteiger partial charge is 0.489 e. The van der Waals surface area contributed by atoms with Crippen LogP contribution in [0.25, 0.3) is 0 Å². The van der Waals surface area contributed by atoms with Crippen molar-refractivity contribution < 1.29 is 9.90 Å². The van der Waals surface area contributed by atoms with E-state index < -0.39 is 5.87 Å². The average molecular weight is 190 g/mol. The van der Waals surface area contributed by atoms with Gasteiger partial charge in [0.2, 0.25) is 5.87 Å². The van der Waals surface area contributed by atoms with Gasteiger partial charge in [-0.2, -0.15) is 4.99 Å². The lowest BCUT2D eigenvalue weighted by molar-refractivity contribution is 0.220. The van der Waals surface area contributed by atoms with Gasteiger partial charge >= 0.3 is 0 Å². The molecule has 0 unspecified atom stereocenters. The van der Waals surface area contributed by atoms with Gasteiger partial charge in [0.05, 0.1) is 10.8 Å². The molecule has 0 spiro atoms. The SMILES string of the molecule is O=C(O)[B]c1cccc(N=C=S)c1. The highest BCUT2D eigenvalue weighted by molar-refractivity contribution is 7.78. The Kier molecular flexibility index (Phi) is 3.37. The Bertz CT molecular complexity index is 374. The second kappa shape index (κ2) is 4.55. The van der Waals surface area contributed by atoms with E-state index >= 15 is 0 Å². The summed E-state index contributed by atoms with van der Waals surface area (Å²) in [6, 6.07) is 6.72. The van der Waals surface area contributed by atoms with Crippen LogP contribution in [0.3, 0.4) is 0 Å². The molecule has 0 bridgehead atoms. The Morgan fingerprint density at radius 2 is 2.38 bits per heavy atom. The molecule has 1 radical (unpaired) electrons. The van der Waals surface area contributed by atoms with E-state index in [0.717, 1.165) is 7.28 Å². The number of isothiocyanates is 1. The van der Waals surface area contributed by atoms with E-state index in [2.05, 4.69) is 22.4 Å². The highest BCUT2D eigenvalue weighted by atomic mass is 32.1. The van der Waals surface area contributed by atoms with Gasteiger partial charge in [-0.15, -0.1) is 0 Å². The number of aliphatic imine (C=N–C) groups is 1. The van der Waals surface area contributed by atoms with Crippen molar-refractivity contribution >= 4 is 41.7 Å². The number of carbonyl (C=O) groups is 1. The van der Waals surface area contributed by atoms with Crippen molar-refractivity contribution in [1.29, 1.82) is 0 Å². The monoisotopic (exact) mass is 190 g/mol. The summed E-state index contributed by atoms with van der Waals surface area (Å²) in [5.74, 6) is -0.983. The van der Waals surface area contributed by atoms with Crippen LogP contribution >= 0.6 is 12.2 Å². The number of hydrogen-bond donors (Lipinski definition) is 1. The number of nitrogens with zero attached hydrogens (tertiary/aromatic N) is 1. The molecule has 13 heavy (non-hydrogen) atoms. The van der Waals surface area contributed by atoms with Crippen LogP contribution < -0.4 is 5.46 Å². The van der Waals surface area contributed by atoms with Gasteiger partial charge in [0.25, 0.3) is 7.28 Å². The third kappa shape index (κ3) is 3.19. The van der Waals surface area contributed by atoms with Crippen molar-refractivity contribution in [3.63, 3.8) is 0 Å². The zero-order chi connectivity index (χ0) is 9.68. The molecule has 0 saturated heterocycles. The van der Waals surface area contributed by atoms with Crippen molar-refractivity contribution in [2.24, 2.45) is 4.99 Å². The standard InChI is InChI=1S/C8H5BNO2S/c11-8(12)9-6-2-1-3-7(4-6)10-5-13/h1-4H,(H,11,12). The first-order valence-electron chi connectivity index (χ1n) is 3.48. The number of thiocarbonyl (C=S) groups is 1. The molecule has 0 saturated carbocycles. The Balaban J connectivity index is 2.91. The van der Waals surface area contributed by atoms with Gasteiger partial charge in [0.1, 0.15) is 0 Å². The smallest absolute Gasteiger partial charge is 0.299 e. The minimum Gasteiger partial charge on any atom is -0.489 e. The Hall–Kier alpha value is -1.45. The molecule has 0 atom stereocenters. The lowest BCUT2D eigenvalue weighted by atomic mass is 9.70. The summed E-state index contributed by atoms with van der Waals surface area (Å²) in [6.45, 7) is 0. The van der Waals surface area contributed by atoms with Crippen LogP contribution in [0.2, 0.25) is 0 Å². The fourth-order valence-corrected chi connectivity index (χ4v) is 0.985. The predicted molar refractivity (Wildman–Crippen MR) is 54.5 cm³/mol. The molecule has 1 N–H and O–H groups in total. The van der Waals surface area contributed by atoms with E-state index in [9.17, 15) is 4.79 Å². The lowest BCUT2D eigenvalue weighted by Crippen LogP contribution is -2.21. The molecule has 0 amide bonds. The van der Waals surface area contributed by atoms with Crippen molar-refractivity contribution in [2.45, 2.75) is 0 Å². The molecule has 0 heterocycles. The van der Waals surface area contributed by atoms with Crippen molar-refractivity contribution in [1.82, 2.24) is 0 Å². The van der Waals surface area contributed by atoms with Crippen molar-refractivity contribution in [2.75, 3.05) is 0 Å². The minimum absolute atomic E-state index is 0.582. The van der Waals surface area contributed by atoms with Crippen LogP contribution in [0, 0.1) is 0 Å². The fourth-order valence-electron chi connectivity index (χ4n) is 0.879. The van der Waals surface area contributed by atoms with Gasteiger partial charge in [0, 0.05) is 0 Å². The molecule has 0 aliphatic carbocycles. The summed E-state index contributed by atoms with van der Waals surface area (Å²) in [6.07, 6.45) is 0. The maximum absolute atomic E-state index is 10.3. The highest BCUT2D eigenvalue weighted by Crippen LogP contribution is 2.06. The van der Waals surface area contributed by atoms with E-state index in [1.54, 1.807) is 24.3 Å². The molecule has 3 nitrogen and oxygen atoms in total. The Morgan fingerprint density at radius 1 is 1.62 bits per heavy atom. The van der Waals surface area contributed by atoms with Crippen LogP contribution in [0.4, 0.5) is 10.5 Å². The fraction of sp³-hybridized carbons (Fsp3) is 0. The van der Waals surface area contributed by atoms with Gasteiger partial charge in [-0.3, -0.25) is 4.79 Å². The summed E-state index contributed by atoms with van der Waals surface area (Å²) >= 11 is 4.42. The van der Waals surface area contributed by atoms with Crippen LogP contribution in [0.5, 0.6) is 0 Å². The van der Waals surface area contributed by atoms with Crippen LogP contribution in [0.1, 0.15) is 0 Å². The van der Waals surface area contributed by atoms with Crippen molar-refractivity contribution in [3.8, 4) is 0 Å². The van der Waals surface area contributed by atoms with Gasteiger partial charge in [-0.05, 0) is 24.4 Å². The summed E-state index contributed by atoms with van der Waals surface area (Å²) < 4.78 is 0. The first kappa shape index (κ1) is 9.64. The van der Waals surface area contributed by atoms with E-state index in [1.807, 2.05) is 0 Å². The molecule has 0 aromatic heterocycles. The molecule has 0 aliphatic heterocycles. The molecule has 5 heteroatoms. The van der Waals surface area contributed by atoms with Gasteiger partial charge in [-0.1, -0.05) is 17.6 Å². The van der Waals surface area contributed by atoms with Crippen LogP contribution in [-0.2, 0) is 0 Å². The van der Waals surface area contributed by atoms with Crippen LogP contribution in [0.15, 0.2) is 29.3 Å². The van der Waals surface area contributed by atoms with Crippen molar-refractivity contribution in [3.05, 3.63) is 24.3 Å². The number of benzene rings is 1. The first-order valence-corrected chi connectivity index (χ1v) is 3.89. The average Bonchev–Trinajstić information content (AvgIpc) is 2.04. The summed E-state index contributed by atoms with van der Waals surface area (Å²) in [7, 11) is 1.10. The van der Waals surface area contributed by atoms with Gasteiger partial charge in [0.15, 0.2) is 0 Å². The highest BCUT2D eigenvalue weighted by Gasteiger charge is 2.03. The maximum atomic E-state index is 10.3. The van der Waals surface area contributed by atoms with E-state index in [4.69, 9.17) is 5.11 Å². The second-order valence-corrected chi connectivity index (χ2v) is 2.46. The van der Waals surface area contributed by atoms with Gasteiger partial charge in [-0.25, -0.2) is 0 Å². The molecule has 1 aromatic rings. The molecule has 1 rings (SSSR count). The second-order valence-electron chi connectivity index (χ2n) is 2.28. The summed E-state index contributed by atoms with van der Waals surface area (Å²) in [4.78, 5) is 14.0. The lowest BCUT2D eigenvalue weighted by Gasteiger charge is -1.95. The maximum Gasteiger partial charge on any atom is 0.299 e. The number of hydrogen-bond acceptors (Lipinski definition) is 3. The number of carboxylic acid groups (broad SMARTS) is 1. The minimum atomic E-state index is -0.983. The first-order chi connectivity index (χ1) is 6.22. The third-order valence-corrected chi connectivity index (χ3v) is 1.43. The molecular weight excluding hydrogens is 185 g/mol. The third-order valence-electron chi connectivity index (χ3n) is 1.34. The van der Waals surface area contributed by atoms with E-state index in [1.165, 1.54) is 0 Å². The van der Waals surface area contributed by atoms with E-state index in [-0.39, 0.29) is 0 Å². The normalized spacial score (nSPS) is 8.62. The molecule has 0 aliphatic rings. The molecule has 63 valence electrons.